The largest absolute Gasteiger partial charge is 0.278 e. The molecule has 1 unspecified atom stereocenters. The number of carbonyl (C=O) groups excluding carboxylic acids is 1. The van der Waals surface area contributed by atoms with Crippen LogP contribution >= 0.6 is 23.5 Å². The van der Waals surface area contributed by atoms with Crippen LogP contribution in [0.25, 0.3) is 0 Å². The van der Waals surface area contributed by atoms with Gasteiger partial charge in [0.25, 0.3) is 0 Å². The first-order valence-corrected chi connectivity index (χ1v) is 7.58. The van der Waals surface area contributed by atoms with Crippen molar-refractivity contribution >= 4 is 40.3 Å². The number of anilines is 1. The van der Waals surface area contributed by atoms with Crippen LogP contribution in [-0.4, -0.2) is 23.1 Å². The normalized spacial score (nSPS) is 17.6. The summed E-state index contributed by atoms with van der Waals surface area (Å²) in [6.07, 6.45) is 2.05. The summed E-state index contributed by atoms with van der Waals surface area (Å²) in [6, 6.07) is 7.83. The maximum absolute atomic E-state index is 11.8. The van der Waals surface area contributed by atoms with E-state index in [4.69, 9.17) is 5.41 Å². The Kier molecular flexibility index (Phi) is 3.79. The average Bonchev–Trinajstić information content (AvgIpc) is 2.68. The number of thioether (sulfide) groups is 2. The highest BCUT2D eigenvalue weighted by molar-refractivity contribution is 8.15. The number of amidine groups is 1. The van der Waals surface area contributed by atoms with Crippen molar-refractivity contribution < 1.29 is 4.79 Å². The van der Waals surface area contributed by atoms with Gasteiger partial charge in [-0.25, -0.2) is 0 Å². The fourth-order valence-corrected chi connectivity index (χ4v) is 2.95. The molecule has 90 valence electrons. The summed E-state index contributed by atoms with van der Waals surface area (Å²) in [5.41, 5.74) is 1.97. The highest BCUT2D eigenvalue weighted by Gasteiger charge is 2.30. The molecule has 0 saturated carbocycles. The summed E-state index contributed by atoms with van der Waals surface area (Å²) >= 11 is 3.03. The second kappa shape index (κ2) is 5.14. The van der Waals surface area contributed by atoms with E-state index in [9.17, 15) is 4.79 Å². The molecule has 1 atom stereocenters. The molecule has 1 aromatic carbocycles. The second-order valence-electron chi connectivity index (χ2n) is 3.76. The number of hydrogen-bond donors (Lipinski definition) is 1. The zero-order valence-corrected chi connectivity index (χ0v) is 11.4. The van der Waals surface area contributed by atoms with E-state index in [1.807, 2.05) is 30.5 Å². The fourth-order valence-electron chi connectivity index (χ4n) is 1.78. The van der Waals surface area contributed by atoms with Gasteiger partial charge in [-0.3, -0.25) is 15.1 Å². The molecule has 17 heavy (non-hydrogen) atoms. The second-order valence-corrected chi connectivity index (χ2v) is 5.90. The lowest BCUT2D eigenvalue weighted by molar-refractivity contribution is -0.115. The minimum atomic E-state index is 0.000697. The molecule has 1 aliphatic rings. The lowest BCUT2D eigenvalue weighted by Crippen LogP contribution is -2.29. The molecular formula is C12H14N2OS2. The van der Waals surface area contributed by atoms with Crippen molar-refractivity contribution in [2.75, 3.05) is 16.9 Å². The quantitative estimate of drug-likeness (QED) is 0.914. The Hall–Kier alpha value is -0.940. The van der Waals surface area contributed by atoms with Gasteiger partial charge in [-0.2, -0.15) is 11.8 Å². The molecular weight excluding hydrogens is 252 g/mol. The van der Waals surface area contributed by atoms with Gasteiger partial charge in [0.1, 0.15) is 0 Å². The van der Waals surface area contributed by atoms with E-state index in [0.717, 1.165) is 11.3 Å². The van der Waals surface area contributed by atoms with Crippen LogP contribution in [0.2, 0.25) is 0 Å². The van der Waals surface area contributed by atoms with Crippen LogP contribution in [0.5, 0.6) is 0 Å². The third-order valence-electron chi connectivity index (χ3n) is 2.75. The van der Waals surface area contributed by atoms with E-state index < -0.39 is 0 Å². The van der Waals surface area contributed by atoms with Crippen LogP contribution in [0.15, 0.2) is 24.3 Å². The Balaban J connectivity index is 2.44. The van der Waals surface area contributed by atoms with Crippen LogP contribution < -0.4 is 4.90 Å². The standard InChI is InChI=1S/C12H14N2OS2/c1-8(16-2)9-5-3-4-6-10(9)14-11(15)7-17-12(14)13/h3-6,8,13H,7H2,1-2H3. The molecule has 1 heterocycles. The van der Waals surface area contributed by atoms with Crippen molar-refractivity contribution in [2.24, 2.45) is 0 Å². The molecule has 5 heteroatoms. The van der Waals surface area contributed by atoms with Crippen LogP contribution in [0.3, 0.4) is 0 Å². The molecule has 0 radical (unpaired) electrons. The van der Waals surface area contributed by atoms with Crippen molar-refractivity contribution in [3.63, 3.8) is 0 Å². The van der Waals surface area contributed by atoms with Crippen LogP contribution in [0, 0.1) is 5.41 Å². The zero-order valence-electron chi connectivity index (χ0n) is 9.77. The number of benzene rings is 1. The number of amides is 1. The van der Waals surface area contributed by atoms with E-state index in [0.29, 0.717) is 16.2 Å². The Bertz CT molecular complexity index is 446. The van der Waals surface area contributed by atoms with Gasteiger partial charge < -0.3 is 0 Å². The first-order valence-electron chi connectivity index (χ1n) is 5.31. The van der Waals surface area contributed by atoms with Gasteiger partial charge in [0.05, 0.1) is 11.4 Å². The van der Waals surface area contributed by atoms with Crippen molar-refractivity contribution in [3.8, 4) is 0 Å². The van der Waals surface area contributed by atoms with Crippen molar-refractivity contribution in [1.29, 1.82) is 5.41 Å². The molecule has 1 aliphatic heterocycles. The van der Waals surface area contributed by atoms with Gasteiger partial charge in [-0.05, 0) is 24.8 Å². The summed E-state index contributed by atoms with van der Waals surface area (Å²) in [5.74, 6) is 0.377. The van der Waals surface area contributed by atoms with Crippen molar-refractivity contribution in [3.05, 3.63) is 29.8 Å². The predicted molar refractivity (Wildman–Crippen MR) is 76.0 cm³/mol. The minimum absolute atomic E-state index is 0.000697. The lowest BCUT2D eigenvalue weighted by atomic mass is 10.1. The third kappa shape index (κ3) is 2.35. The average molecular weight is 266 g/mol. The highest BCUT2D eigenvalue weighted by Crippen LogP contribution is 2.36. The summed E-state index contributed by atoms with van der Waals surface area (Å²) in [6.45, 7) is 2.11. The van der Waals surface area contributed by atoms with E-state index >= 15 is 0 Å². The predicted octanol–water partition coefficient (Wildman–Crippen LogP) is 3.13. The van der Waals surface area contributed by atoms with Crippen LogP contribution in [-0.2, 0) is 4.79 Å². The molecule has 1 fully saturated rings. The molecule has 1 aromatic rings. The van der Waals surface area contributed by atoms with Gasteiger partial charge in [0.2, 0.25) is 5.91 Å². The number of nitrogens with one attached hydrogen (secondary N) is 1. The first-order chi connectivity index (χ1) is 8.15. The van der Waals surface area contributed by atoms with Gasteiger partial charge in [0, 0.05) is 5.25 Å². The molecule has 1 saturated heterocycles. The van der Waals surface area contributed by atoms with Crippen LogP contribution in [0.4, 0.5) is 5.69 Å². The number of rotatable bonds is 3. The molecule has 0 spiro atoms. The molecule has 3 nitrogen and oxygen atoms in total. The Morgan fingerprint density at radius 2 is 2.18 bits per heavy atom. The third-order valence-corrected chi connectivity index (χ3v) is 4.56. The summed E-state index contributed by atoms with van der Waals surface area (Å²) in [4.78, 5) is 13.3. The number of hydrogen-bond acceptors (Lipinski definition) is 4. The Labute approximate surface area is 109 Å². The smallest absolute Gasteiger partial charge is 0.243 e. The van der Waals surface area contributed by atoms with Crippen molar-refractivity contribution in [1.82, 2.24) is 0 Å². The molecule has 0 bridgehead atoms. The van der Waals surface area contributed by atoms with Gasteiger partial charge >= 0.3 is 0 Å². The monoisotopic (exact) mass is 266 g/mol. The molecule has 0 aliphatic carbocycles. The number of para-hydroxylation sites is 1. The molecule has 1 amide bonds. The summed E-state index contributed by atoms with van der Waals surface area (Å²) in [5, 5.41) is 8.48. The van der Waals surface area contributed by atoms with E-state index in [2.05, 4.69) is 6.92 Å². The topological polar surface area (TPSA) is 44.2 Å². The van der Waals surface area contributed by atoms with Gasteiger partial charge in [-0.1, -0.05) is 30.0 Å². The zero-order chi connectivity index (χ0) is 12.4. The summed E-state index contributed by atoms with van der Waals surface area (Å²) in [7, 11) is 0. The SMILES string of the molecule is CSC(C)c1ccccc1N1C(=N)SCC1=O. The van der Waals surface area contributed by atoms with E-state index in [-0.39, 0.29) is 5.91 Å². The highest BCUT2D eigenvalue weighted by atomic mass is 32.2. The Morgan fingerprint density at radius 1 is 1.47 bits per heavy atom. The number of nitrogens with zero attached hydrogens (tertiary/aromatic N) is 1. The molecule has 2 rings (SSSR count). The lowest BCUT2D eigenvalue weighted by Gasteiger charge is -2.21. The van der Waals surface area contributed by atoms with E-state index in [1.165, 1.54) is 16.7 Å². The summed E-state index contributed by atoms with van der Waals surface area (Å²) < 4.78 is 0. The van der Waals surface area contributed by atoms with Gasteiger partial charge in [-0.15, -0.1) is 0 Å². The van der Waals surface area contributed by atoms with Crippen LogP contribution in [0.1, 0.15) is 17.7 Å². The number of carbonyl (C=O) groups is 1. The van der Waals surface area contributed by atoms with Crippen molar-refractivity contribution in [2.45, 2.75) is 12.2 Å². The maximum Gasteiger partial charge on any atom is 0.243 e. The minimum Gasteiger partial charge on any atom is -0.278 e. The van der Waals surface area contributed by atoms with Gasteiger partial charge in [0.15, 0.2) is 5.17 Å². The van der Waals surface area contributed by atoms with E-state index in [1.54, 1.807) is 11.8 Å². The molecule has 0 aromatic heterocycles. The Morgan fingerprint density at radius 3 is 2.76 bits per heavy atom. The fraction of sp³-hybridized carbons (Fsp3) is 0.333. The molecule has 1 N–H and O–H groups in total. The maximum atomic E-state index is 11.8. The first kappa shape index (κ1) is 12.5.